The summed E-state index contributed by atoms with van der Waals surface area (Å²) in [7, 11) is 1.58. The van der Waals surface area contributed by atoms with Crippen molar-refractivity contribution in [3.05, 3.63) is 40.4 Å². The van der Waals surface area contributed by atoms with Crippen LogP contribution in [0.15, 0.2) is 24.3 Å². The number of nitrogens with zero attached hydrogens (tertiary/aromatic N) is 2. The molecule has 88 valence electrons. The lowest BCUT2D eigenvalue weighted by atomic mass is 10.1. The van der Waals surface area contributed by atoms with Crippen molar-refractivity contribution in [1.29, 1.82) is 0 Å². The van der Waals surface area contributed by atoms with Gasteiger partial charge < -0.3 is 4.74 Å². The summed E-state index contributed by atoms with van der Waals surface area (Å²) in [5.41, 5.74) is 1.35. The number of ether oxygens (including phenoxy) is 1. The third kappa shape index (κ3) is 2.34. The summed E-state index contributed by atoms with van der Waals surface area (Å²) in [6, 6.07) is 7.10. The summed E-state index contributed by atoms with van der Waals surface area (Å²) in [6.45, 7) is 1.96. The first-order valence-corrected chi connectivity index (χ1v) is 6.03. The smallest absolute Gasteiger partial charge is 0.206 e. The van der Waals surface area contributed by atoms with E-state index in [0.717, 1.165) is 17.2 Å². The molecular weight excluding hydrogens is 236 g/mol. The fourth-order valence-electron chi connectivity index (χ4n) is 1.51. The maximum atomic E-state index is 12.2. The van der Waals surface area contributed by atoms with Crippen molar-refractivity contribution in [2.45, 2.75) is 13.3 Å². The number of aromatic nitrogens is 2. The van der Waals surface area contributed by atoms with Crippen LogP contribution < -0.4 is 4.74 Å². The van der Waals surface area contributed by atoms with Crippen LogP contribution in [-0.2, 0) is 6.42 Å². The molecule has 0 aliphatic heterocycles. The molecule has 0 atom stereocenters. The van der Waals surface area contributed by atoms with Gasteiger partial charge in [-0.05, 0) is 30.1 Å². The number of rotatable bonds is 4. The van der Waals surface area contributed by atoms with Gasteiger partial charge in [-0.25, -0.2) is 0 Å². The first-order valence-electron chi connectivity index (χ1n) is 5.26. The van der Waals surface area contributed by atoms with Crippen LogP contribution in [0.1, 0.15) is 27.9 Å². The van der Waals surface area contributed by atoms with Crippen molar-refractivity contribution in [3.8, 4) is 5.75 Å². The summed E-state index contributed by atoms with van der Waals surface area (Å²) >= 11 is 1.14. The average Bonchev–Trinajstić information content (AvgIpc) is 2.86. The van der Waals surface area contributed by atoms with Gasteiger partial charge in [0.25, 0.3) is 0 Å². The number of carbonyl (C=O) groups is 1. The van der Waals surface area contributed by atoms with Crippen LogP contribution in [0.3, 0.4) is 0 Å². The van der Waals surface area contributed by atoms with Crippen molar-refractivity contribution in [1.82, 2.24) is 9.59 Å². The highest BCUT2D eigenvalue weighted by atomic mass is 32.1. The minimum atomic E-state index is -0.0456. The lowest BCUT2D eigenvalue weighted by molar-refractivity contribution is 0.104. The second-order valence-electron chi connectivity index (χ2n) is 3.46. The topological polar surface area (TPSA) is 52.1 Å². The quantitative estimate of drug-likeness (QED) is 0.779. The van der Waals surface area contributed by atoms with E-state index in [1.165, 1.54) is 0 Å². The molecule has 0 spiro atoms. The van der Waals surface area contributed by atoms with E-state index in [1.54, 1.807) is 25.3 Å². The summed E-state index contributed by atoms with van der Waals surface area (Å²) in [4.78, 5) is 12.8. The Bertz CT molecular complexity index is 537. The third-order valence-corrected chi connectivity index (χ3v) is 3.20. The number of benzene rings is 1. The minimum Gasteiger partial charge on any atom is -0.497 e. The third-order valence-electron chi connectivity index (χ3n) is 2.43. The highest BCUT2D eigenvalue weighted by Gasteiger charge is 2.17. The molecule has 0 bridgehead atoms. The number of hydrogen-bond donors (Lipinski definition) is 0. The van der Waals surface area contributed by atoms with E-state index in [0.29, 0.717) is 22.6 Å². The van der Waals surface area contributed by atoms with Crippen LogP contribution in [0.2, 0.25) is 0 Å². The van der Waals surface area contributed by atoms with Crippen LogP contribution in [0, 0.1) is 0 Å². The van der Waals surface area contributed by atoms with Crippen molar-refractivity contribution < 1.29 is 9.53 Å². The molecule has 5 heteroatoms. The van der Waals surface area contributed by atoms with E-state index >= 15 is 0 Å². The molecule has 17 heavy (non-hydrogen) atoms. The number of methoxy groups -OCH3 is 1. The monoisotopic (exact) mass is 248 g/mol. The molecule has 4 nitrogen and oxygen atoms in total. The molecule has 2 aromatic rings. The second-order valence-corrected chi connectivity index (χ2v) is 4.22. The Morgan fingerprint density at radius 2 is 2.29 bits per heavy atom. The fourth-order valence-corrected chi connectivity index (χ4v) is 2.22. The Morgan fingerprint density at radius 1 is 1.47 bits per heavy atom. The predicted octanol–water partition coefficient (Wildman–Crippen LogP) is 2.34. The Balaban J connectivity index is 2.36. The van der Waals surface area contributed by atoms with Gasteiger partial charge >= 0.3 is 0 Å². The van der Waals surface area contributed by atoms with E-state index in [4.69, 9.17) is 4.74 Å². The van der Waals surface area contributed by atoms with Gasteiger partial charge in [-0.3, -0.25) is 4.79 Å². The lowest BCUT2D eigenvalue weighted by Crippen LogP contribution is -2.02. The Morgan fingerprint density at radius 3 is 3.00 bits per heavy atom. The van der Waals surface area contributed by atoms with E-state index in [2.05, 4.69) is 9.59 Å². The number of ketones is 1. The van der Waals surface area contributed by atoms with Gasteiger partial charge in [0, 0.05) is 5.56 Å². The Kier molecular flexibility index (Phi) is 3.49. The maximum absolute atomic E-state index is 12.2. The molecule has 0 aliphatic carbocycles. The van der Waals surface area contributed by atoms with E-state index in [1.807, 2.05) is 13.0 Å². The first kappa shape index (κ1) is 11.7. The summed E-state index contributed by atoms with van der Waals surface area (Å²) in [5.74, 6) is 0.627. The zero-order chi connectivity index (χ0) is 12.3. The molecule has 2 rings (SSSR count). The van der Waals surface area contributed by atoms with E-state index in [9.17, 15) is 4.79 Å². The molecule has 0 unspecified atom stereocenters. The normalized spacial score (nSPS) is 10.2. The predicted molar refractivity (Wildman–Crippen MR) is 65.7 cm³/mol. The lowest BCUT2D eigenvalue weighted by Gasteiger charge is -2.02. The van der Waals surface area contributed by atoms with E-state index < -0.39 is 0 Å². The van der Waals surface area contributed by atoms with Crippen LogP contribution in [0.25, 0.3) is 0 Å². The summed E-state index contributed by atoms with van der Waals surface area (Å²) < 4.78 is 8.92. The molecule has 0 radical (unpaired) electrons. The molecule has 0 amide bonds. The van der Waals surface area contributed by atoms with Gasteiger partial charge in [0.1, 0.15) is 10.6 Å². The minimum absolute atomic E-state index is 0.0456. The highest BCUT2D eigenvalue weighted by molar-refractivity contribution is 7.08. The van der Waals surface area contributed by atoms with Crippen LogP contribution in [0.5, 0.6) is 5.75 Å². The van der Waals surface area contributed by atoms with Gasteiger partial charge in [0.2, 0.25) is 5.78 Å². The summed E-state index contributed by atoms with van der Waals surface area (Å²) in [5, 5.41) is 3.94. The zero-order valence-corrected chi connectivity index (χ0v) is 10.5. The zero-order valence-electron chi connectivity index (χ0n) is 9.64. The molecule has 0 aliphatic rings. The molecule has 0 fully saturated rings. The number of aryl methyl sites for hydroxylation is 1. The SMILES string of the molecule is CCc1nnsc1C(=O)c1cccc(OC)c1. The van der Waals surface area contributed by atoms with Gasteiger partial charge in [-0.2, -0.15) is 0 Å². The van der Waals surface area contributed by atoms with Crippen molar-refractivity contribution in [2.24, 2.45) is 0 Å². The van der Waals surface area contributed by atoms with Gasteiger partial charge in [-0.1, -0.05) is 23.5 Å². The molecule has 1 aromatic carbocycles. The van der Waals surface area contributed by atoms with Crippen LogP contribution in [-0.4, -0.2) is 22.5 Å². The molecule has 0 saturated heterocycles. The molecular formula is C12H12N2O2S. The van der Waals surface area contributed by atoms with Crippen molar-refractivity contribution in [2.75, 3.05) is 7.11 Å². The van der Waals surface area contributed by atoms with Crippen molar-refractivity contribution in [3.63, 3.8) is 0 Å². The average molecular weight is 248 g/mol. The molecule has 0 N–H and O–H groups in total. The van der Waals surface area contributed by atoms with Crippen LogP contribution >= 0.6 is 11.5 Å². The molecule has 1 heterocycles. The Labute approximate surface area is 103 Å². The van der Waals surface area contributed by atoms with Gasteiger partial charge in [-0.15, -0.1) is 5.10 Å². The van der Waals surface area contributed by atoms with E-state index in [-0.39, 0.29) is 5.78 Å². The first-order chi connectivity index (χ1) is 8.26. The number of carbonyl (C=O) groups excluding carboxylic acids is 1. The highest BCUT2D eigenvalue weighted by Crippen LogP contribution is 2.20. The summed E-state index contributed by atoms with van der Waals surface area (Å²) in [6.07, 6.45) is 0.710. The standard InChI is InChI=1S/C12H12N2O2S/c1-3-10-12(17-14-13-10)11(15)8-5-4-6-9(7-8)16-2/h4-7H,3H2,1-2H3. The number of hydrogen-bond acceptors (Lipinski definition) is 5. The molecule has 1 aromatic heterocycles. The van der Waals surface area contributed by atoms with Gasteiger partial charge in [0.05, 0.1) is 12.8 Å². The van der Waals surface area contributed by atoms with Crippen molar-refractivity contribution >= 4 is 17.3 Å². The molecule has 0 saturated carbocycles. The Hall–Kier alpha value is -1.75. The second kappa shape index (κ2) is 5.05. The fraction of sp³-hybridized carbons (Fsp3) is 0.250. The largest absolute Gasteiger partial charge is 0.497 e. The van der Waals surface area contributed by atoms with Crippen LogP contribution in [0.4, 0.5) is 0 Å². The van der Waals surface area contributed by atoms with Gasteiger partial charge in [0.15, 0.2) is 0 Å². The maximum Gasteiger partial charge on any atom is 0.206 e.